The van der Waals surface area contributed by atoms with Gasteiger partial charge in [-0.3, -0.25) is 0 Å². The van der Waals surface area contributed by atoms with E-state index in [2.05, 4.69) is 23.5 Å². The smallest absolute Gasteiger partial charge is 0.203 e. The van der Waals surface area contributed by atoms with E-state index < -0.39 is 0 Å². The molecule has 0 bridgehead atoms. The van der Waals surface area contributed by atoms with Gasteiger partial charge in [-0.05, 0) is 48.6 Å². The Hall–Kier alpha value is -3.39. The summed E-state index contributed by atoms with van der Waals surface area (Å²) in [5.41, 5.74) is 3.46. The Morgan fingerprint density at radius 3 is 2.69 bits per heavy atom. The zero-order chi connectivity index (χ0) is 20.2. The second kappa shape index (κ2) is 8.32. The summed E-state index contributed by atoms with van der Waals surface area (Å²) in [5, 5.41) is 12.8. The summed E-state index contributed by atoms with van der Waals surface area (Å²) in [6.07, 6.45) is 8.87. The van der Waals surface area contributed by atoms with Crippen LogP contribution in [0.5, 0.6) is 17.2 Å². The van der Waals surface area contributed by atoms with Crippen LogP contribution in [0.3, 0.4) is 0 Å². The van der Waals surface area contributed by atoms with E-state index in [1.165, 1.54) is 12.8 Å². The number of fused-ring (bicyclic) bond motifs is 1. The minimum absolute atomic E-state index is 0.0714. The molecule has 1 heterocycles. The molecular formula is C24H24N2O3. The number of para-hydroxylation sites is 1. The van der Waals surface area contributed by atoms with Gasteiger partial charge in [0.15, 0.2) is 11.5 Å². The fraction of sp³-hybridized carbons (Fsp3) is 0.292. The topological polar surface area (TPSA) is 63.5 Å². The first kappa shape index (κ1) is 18.9. The maximum absolute atomic E-state index is 9.66. The third-order valence-electron chi connectivity index (χ3n) is 5.25. The first-order chi connectivity index (χ1) is 14.2. The first-order valence-corrected chi connectivity index (χ1v) is 9.77. The molecule has 5 nitrogen and oxygen atoms in total. The van der Waals surface area contributed by atoms with Crippen molar-refractivity contribution in [1.82, 2.24) is 0 Å². The van der Waals surface area contributed by atoms with E-state index in [0.29, 0.717) is 35.2 Å². The van der Waals surface area contributed by atoms with Crippen LogP contribution < -0.4 is 19.5 Å². The summed E-state index contributed by atoms with van der Waals surface area (Å²) in [6.45, 7) is 0. The Bertz CT molecular complexity index is 985. The van der Waals surface area contributed by atoms with Crippen molar-refractivity contribution in [1.29, 1.82) is 5.26 Å². The number of nitrogens with one attached hydrogen (secondary N) is 1. The third kappa shape index (κ3) is 4.07. The fourth-order valence-electron chi connectivity index (χ4n) is 3.55. The molecule has 2 aliphatic rings. The third-order valence-corrected chi connectivity index (χ3v) is 5.25. The lowest BCUT2D eigenvalue weighted by Crippen LogP contribution is -2.20. The van der Waals surface area contributed by atoms with Crippen LogP contribution >= 0.6 is 0 Å². The molecule has 0 saturated heterocycles. The maximum atomic E-state index is 9.66. The summed E-state index contributed by atoms with van der Waals surface area (Å²) in [5.74, 6) is 2.49. The normalized spacial score (nSPS) is 17.7. The van der Waals surface area contributed by atoms with Gasteiger partial charge in [0.2, 0.25) is 5.75 Å². The van der Waals surface area contributed by atoms with E-state index in [0.717, 1.165) is 16.8 Å². The summed E-state index contributed by atoms with van der Waals surface area (Å²) in [6, 6.07) is 14.0. The number of rotatable bonds is 7. The highest BCUT2D eigenvalue weighted by atomic mass is 16.5. The average molecular weight is 388 g/mol. The van der Waals surface area contributed by atoms with E-state index in [1.807, 2.05) is 36.4 Å². The van der Waals surface area contributed by atoms with Gasteiger partial charge in [-0.15, -0.1) is 0 Å². The number of nitrogens with zero attached hydrogens (tertiary/aromatic N) is 1. The van der Waals surface area contributed by atoms with Crippen LogP contribution in [-0.4, -0.2) is 20.3 Å². The van der Waals surface area contributed by atoms with Crippen LogP contribution in [0.4, 0.5) is 5.69 Å². The number of hydrogen-bond acceptors (Lipinski definition) is 5. The van der Waals surface area contributed by atoms with E-state index in [-0.39, 0.29) is 6.10 Å². The highest BCUT2D eigenvalue weighted by Crippen LogP contribution is 2.48. The standard InChI is InChI=1S/C24H24N2O3/c1-27-22-13-18(12-16(14-25)15-26-19-6-4-3-5-7-19)20-10-11-21(17-8-9-17)29-23(20)24(22)28-2/h3-7,10-11,13,15,17,21,26H,8-9,12H2,1-2H3. The van der Waals surface area contributed by atoms with Crippen molar-refractivity contribution >= 4 is 11.8 Å². The number of allylic oxidation sites excluding steroid dienone is 1. The Morgan fingerprint density at radius 2 is 2.03 bits per heavy atom. The molecule has 2 aromatic carbocycles. The van der Waals surface area contributed by atoms with Crippen molar-refractivity contribution in [3.63, 3.8) is 0 Å². The Balaban J connectivity index is 1.66. The van der Waals surface area contributed by atoms with Crippen LogP contribution in [0.2, 0.25) is 0 Å². The highest BCUT2D eigenvalue weighted by Gasteiger charge is 2.35. The van der Waals surface area contributed by atoms with Gasteiger partial charge in [-0.1, -0.05) is 24.3 Å². The highest BCUT2D eigenvalue weighted by molar-refractivity contribution is 5.72. The molecule has 1 N–H and O–H groups in total. The predicted molar refractivity (Wildman–Crippen MR) is 113 cm³/mol. The van der Waals surface area contributed by atoms with E-state index in [9.17, 15) is 5.26 Å². The minimum atomic E-state index is 0.0714. The maximum Gasteiger partial charge on any atom is 0.203 e. The fourth-order valence-corrected chi connectivity index (χ4v) is 3.55. The number of nitriles is 1. The number of methoxy groups -OCH3 is 2. The van der Waals surface area contributed by atoms with E-state index in [4.69, 9.17) is 14.2 Å². The number of anilines is 1. The molecule has 1 atom stereocenters. The number of hydrogen-bond donors (Lipinski definition) is 1. The molecule has 0 aromatic heterocycles. The van der Waals surface area contributed by atoms with Crippen LogP contribution in [0.25, 0.3) is 6.08 Å². The lowest BCUT2D eigenvalue weighted by molar-refractivity contribution is 0.209. The second-order valence-corrected chi connectivity index (χ2v) is 7.26. The van der Waals surface area contributed by atoms with Crippen LogP contribution in [0, 0.1) is 17.2 Å². The van der Waals surface area contributed by atoms with Gasteiger partial charge >= 0.3 is 0 Å². The van der Waals surface area contributed by atoms with Crippen LogP contribution in [0.1, 0.15) is 24.0 Å². The molecule has 1 saturated carbocycles. The van der Waals surface area contributed by atoms with Gasteiger partial charge in [-0.2, -0.15) is 5.26 Å². The van der Waals surface area contributed by atoms with Crippen molar-refractivity contribution in [2.24, 2.45) is 5.92 Å². The molecule has 0 spiro atoms. The van der Waals surface area contributed by atoms with Crippen LogP contribution in [-0.2, 0) is 6.42 Å². The molecule has 5 heteroatoms. The minimum Gasteiger partial charge on any atom is -0.493 e. The zero-order valence-electron chi connectivity index (χ0n) is 16.6. The van der Waals surface area contributed by atoms with Gasteiger partial charge in [0.25, 0.3) is 0 Å². The average Bonchev–Trinajstić information content (AvgIpc) is 3.62. The quantitative estimate of drug-likeness (QED) is 0.680. The number of ether oxygens (including phenoxy) is 3. The van der Waals surface area contributed by atoms with Gasteiger partial charge in [0.1, 0.15) is 6.10 Å². The largest absolute Gasteiger partial charge is 0.493 e. The van der Waals surface area contributed by atoms with Crippen molar-refractivity contribution in [3.8, 4) is 23.3 Å². The zero-order valence-corrected chi connectivity index (χ0v) is 16.6. The van der Waals surface area contributed by atoms with Crippen molar-refractivity contribution < 1.29 is 14.2 Å². The van der Waals surface area contributed by atoms with Gasteiger partial charge < -0.3 is 19.5 Å². The van der Waals surface area contributed by atoms with Crippen molar-refractivity contribution in [2.45, 2.75) is 25.4 Å². The molecule has 148 valence electrons. The molecule has 0 amide bonds. The summed E-state index contributed by atoms with van der Waals surface area (Å²) < 4.78 is 17.4. The van der Waals surface area contributed by atoms with Crippen LogP contribution in [0.15, 0.2) is 54.2 Å². The first-order valence-electron chi connectivity index (χ1n) is 9.77. The molecule has 0 radical (unpaired) electrons. The van der Waals surface area contributed by atoms with E-state index >= 15 is 0 Å². The molecule has 1 fully saturated rings. The molecule has 1 unspecified atom stereocenters. The SMILES string of the molecule is COc1cc(CC(C#N)=CNc2ccccc2)c2c(c1OC)OC(C1CC1)C=C2. The lowest BCUT2D eigenvalue weighted by Gasteiger charge is -2.26. The van der Waals surface area contributed by atoms with Gasteiger partial charge in [0, 0.05) is 29.4 Å². The number of benzene rings is 2. The molecule has 1 aliphatic heterocycles. The monoisotopic (exact) mass is 388 g/mol. The predicted octanol–water partition coefficient (Wildman–Crippen LogP) is 4.95. The van der Waals surface area contributed by atoms with Crippen molar-refractivity contribution in [2.75, 3.05) is 19.5 Å². The molecule has 1 aliphatic carbocycles. The molecule has 2 aromatic rings. The Labute approximate surface area is 171 Å². The van der Waals surface area contributed by atoms with E-state index in [1.54, 1.807) is 20.4 Å². The lowest BCUT2D eigenvalue weighted by atomic mass is 9.96. The van der Waals surface area contributed by atoms with Gasteiger partial charge in [0.05, 0.1) is 20.3 Å². The van der Waals surface area contributed by atoms with Gasteiger partial charge in [-0.25, -0.2) is 0 Å². The summed E-state index contributed by atoms with van der Waals surface area (Å²) in [7, 11) is 3.24. The summed E-state index contributed by atoms with van der Waals surface area (Å²) in [4.78, 5) is 0. The summed E-state index contributed by atoms with van der Waals surface area (Å²) >= 11 is 0. The van der Waals surface area contributed by atoms with Crippen molar-refractivity contribution in [3.05, 3.63) is 65.4 Å². The molecular weight excluding hydrogens is 364 g/mol. The molecule has 4 rings (SSSR count). The molecule has 29 heavy (non-hydrogen) atoms. The Kier molecular flexibility index (Phi) is 5.44. The Morgan fingerprint density at radius 1 is 1.24 bits per heavy atom. The second-order valence-electron chi connectivity index (χ2n) is 7.26.